The normalized spacial score (nSPS) is 10.2. The van der Waals surface area contributed by atoms with Gasteiger partial charge in [-0.15, -0.1) is 0 Å². The molecular formula is C13H15N3O. The molecule has 4 heteroatoms. The third kappa shape index (κ3) is 3.01. The minimum absolute atomic E-state index is 0.383. The average Bonchev–Trinajstić information content (AvgIpc) is 2.39. The summed E-state index contributed by atoms with van der Waals surface area (Å²) in [4.78, 5) is 8.07. The van der Waals surface area contributed by atoms with Crippen molar-refractivity contribution in [3.63, 3.8) is 0 Å². The Hall–Kier alpha value is -1.94. The number of nitrogens with zero attached hydrogens (tertiary/aromatic N) is 2. The Labute approximate surface area is 100 Å². The molecule has 0 bridgehead atoms. The summed E-state index contributed by atoms with van der Waals surface area (Å²) in [5.74, 6) is 1.31. The van der Waals surface area contributed by atoms with E-state index in [-0.39, 0.29) is 0 Å². The summed E-state index contributed by atoms with van der Waals surface area (Å²) < 4.78 is 5.66. The van der Waals surface area contributed by atoms with E-state index in [0.29, 0.717) is 12.4 Å². The third-order valence-corrected chi connectivity index (χ3v) is 2.44. The van der Waals surface area contributed by atoms with Crippen molar-refractivity contribution in [2.75, 3.05) is 0 Å². The molecule has 1 heterocycles. The quantitative estimate of drug-likeness (QED) is 0.873. The second kappa shape index (κ2) is 5.41. The largest absolute Gasteiger partial charge is 0.439 e. The lowest BCUT2D eigenvalue weighted by atomic mass is 10.2. The van der Waals surface area contributed by atoms with Crippen LogP contribution in [0.1, 0.15) is 18.2 Å². The van der Waals surface area contributed by atoms with E-state index < -0.39 is 0 Å². The van der Waals surface area contributed by atoms with Gasteiger partial charge in [0, 0.05) is 12.6 Å². The van der Waals surface area contributed by atoms with Crippen molar-refractivity contribution in [2.24, 2.45) is 5.73 Å². The van der Waals surface area contributed by atoms with Crippen molar-refractivity contribution in [2.45, 2.75) is 19.9 Å². The van der Waals surface area contributed by atoms with E-state index in [0.717, 1.165) is 17.9 Å². The van der Waals surface area contributed by atoms with E-state index >= 15 is 0 Å². The molecule has 0 aliphatic heterocycles. The highest BCUT2D eigenvalue weighted by Gasteiger charge is 2.01. The minimum Gasteiger partial charge on any atom is -0.439 e. The van der Waals surface area contributed by atoms with Crippen LogP contribution in [0.15, 0.2) is 36.7 Å². The molecule has 2 aromatic rings. The van der Waals surface area contributed by atoms with Crippen LogP contribution in [0.5, 0.6) is 11.6 Å². The molecule has 2 rings (SSSR count). The first-order chi connectivity index (χ1) is 8.31. The first kappa shape index (κ1) is 11.5. The van der Waals surface area contributed by atoms with E-state index in [1.54, 1.807) is 6.07 Å². The van der Waals surface area contributed by atoms with Crippen molar-refractivity contribution in [3.05, 3.63) is 47.9 Å². The van der Waals surface area contributed by atoms with Gasteiger partial charge in [-0.25, -0.2) is 9.97 Å². The Kier molecular flexibility index (Phi) is 3.67. The summed E-state index contributed by atoms with van der Waals surface area (Å²) in [6, 6.07) is 9.70. The van der Waals surface area contributed by atoms with E-state index in [1.807, 2.05) is 18.2 Å². The maximum absolute atomic E-state index is 5.66. The lowest BCUT2D eigenvalue weighted by Gasteiger charge is -2.06. The van der Waals surface area contributed by atoms with E-state index in [4.69, 9.17) is 10.5 Å². The average molecular weight is 229 g/mol. The highest BCUT2D eigenvalue weighted by molar-refractivity contribution is 5.31. The van der Waals surface area contributed by atoms with Crippen LogP contribution in [0, 0.1) is 0 Å². The molecule has 0 aliphatic carbocycles. The van der Waals surface area contributed by atoms with Gasteiger partial charge in [0.05, 0.1) is 5.69 Å². The standard InChI is InChI=1S/C13H15N3O/c1-2-10-4-3-5-12(6-10)17-13-7-11(8-14)15-9-16-13/h3-7,9H,2,8,14H2,1H3. The second-order valence-electron chi connectivity index (χ2n) is 3.65. The fourth-order valence-electron chi connectivity index (χ4n) is 1.49. The molecule has 88 valence electrons. The van der Waals surface area contributed by atoms with Crippen LogP contribution in [-0.2, 0) is 13.0 Å². The fourth-order valence-corrected chi connectivity index (χ4v) is 1.49. The van der Waals surface area contributed by atoms with Gasteiger partial charge >= 0.3 is 0 Å². The van der Waals surface area contributed by atoms with Crippen molar-refractivity contribution < 1.29 is 4.74 Å². The summed E-state index contributed by atoms with van der Waals surface area (Å²) in [6.45, 7) is 2.49. The lowest BCUT2D eigenvalue weighted by molar-refractivity contribution is 0.459. The highest BCUT2D eigenvalue weighted by atomic mass is 16.5. The van der Waals surface area contributed by atoms with Gasteiger partial charge in [0.2, 0.25) is 5.88 Å². The zero-order valence-corrected chi connectivity index (χ0v) is 9.76. The molecule has 0 aliphatic rings. The van der Waals surface area contributed by atoms with Gasteiger partial charge in [0.1, 0.15) is 12.1 Å². The third-order valence-electron chi connectivity index (χ3n) is 2.44. The smallest absolute Gasteiger partial charge is 0.222 e. The maximum atomic E-state index is 5.66. The first-order valence-corrected chi connectivity index (χ1v) is 5.59. The van der Waals surface area contributed by atoms with Gasteiger partial charge < -0.3 is 10.5 Å². The number of ether oxygens (including phenoxy) is 1. The zero-order chi connectivity index (χ0) is 12.1. The minimum atomic E-state index is 0.383. The Bertz CT molecular complexity index is 454. The Morgan fingerprint density at radius 1 is 1.24 bits per heavy atom. The number of rotatable bonds is 4. The predicted octanol–water partition coefficient (Wildman–Crippen LogP) is 2.29. The number of hydrogen-bond acceptors (Lipinski definition) is 4. The van der Waals surface area contributed by atoms with Crippen LogP contribution in [0.25, 0.3) is 0 Å². The van der Waals surface area contributed by atoms with Gasteiger partial charge in [-0.2, -0.15) is 0 Å². The Morgan fingerprint density at radius 3 is 2.88 bits per heavy atom. The van der Waals surface area contributed by atoms with Crippen LogP contribution in [0.3, 0.4) is 0 Å². The van der Waals surface area contributed by atoms with Crippen molar-refractivity contribution in [1.29, 1.82) is 0 Å². The second-order valence-corrected chi connectivity index (χ2v) is 3.65. The van der Waals surface area contributed by atoms with E-state index in [9.17, 15) is 0 Å². The molecule has 1 aromatic carbocycles. The summed E-state index contributed by atoms with van der Waals surface area (Å²) >= 11 is 0. The molecule has 17 heavy (non-hydrogen) atoms. The topological polar surface area (TPSA) is 61.0 Å². The van der Waals surface area contributed by atoms with Gasteiger partial charge in [-0.05, 0) is 24.1 Å². The highest BCUT2D eigenvalue weighted by Crippen LogP contribution is 2.20. The summed E-state index contributed by atoms with van der Waals surface area (Å²) in [5, 5.41) is 0. The zero-order valence-electron chi connectivity index (χ0n) is 9.76. The molecule has 0 atom stereocenters. The summed E-state index contributed by atoms with van der Waals surface area (Å²) in [7, 11) is 0. The molecule has 1 aromatic heterocycles. The molecular weight excluding hydrogens is 214 g/mol. The van der Waals surface area contributed by atoms with Crippen molar-refractivity contribution in [3.8, 4) is 11.6 Å². The van der Waals surface area contributed by atoms with Crippen LogP contribution in [-0.4, -0.2) is 9.97 Å². The van der Waals surface area contributed by atoms with Gasteiger partial charge in [0.15, 0.2) is 0 Å². The fraction of sp³-hybridized carbons (Fsp3) is 0.231. The van der Waals surface area contributed by atoms with Crippen LogP contribution < -0.4 is 10.5 Å². The number of hydrogen-bond donors (Lipinski definition) is 1. The first-order valence-electron chi connectivity index (χ1n) is 5.59. The maximum Gasteiger partial charge on any atom is 0.222 e. The monoisotopic (exact) mass is 229 g/mol. The Balaban J connectivity index is 2.18. The predicted molar refractivity (Wildman–Crippen MR) is 65.8 cm³/mol. The van der Waals surface area contributed by atoms with Gasteiger partial charge in [-0.3, -0.25) is 0 Å². The number of aryl methyl sites for hydroxylation is 1. The number of nitrogens with two attached hydrogens (primary N) is 1. The van der Waals surface area contributed by atoms with Crippen molar-refractivity contribution >= 4 is 0 Å². The molecule has 4 nitrogen and oxygen atoms in total. The molecule has 0 spiro atoms. The van der Waals surface area contributed by atoms with Crippen molar-refractivity contribution in [1.82, 2.24) is 9.97 Å². The molecule has 0 saturated carbocycles. The summed E-state index contributed by atoms with van der Waals surface area (Å²) in [6.07, 6.45) is 2.44. The van der Waals surface area contributed by atoms with Crippen LogP contribution in [0.2, 0.25) is 0 Å². The van der Waals surface area contributed by atoms with Crippen LogP contribution >= 0.6 is 0 Å². The molecule has 0 saturated heterocycles. The SMILES string of the molecule is CCc1cccc(Oc2cc(CN)ncn2)c1. The Morgan fingerprint density at radius 2 is 2.12 bits per heavy atom. The number of aromatic nitrogens is 2. The van der Waals surface area contributed by atoms with Crippen LogP contribution in [0.4, 0.5) is 0 Å². The van der Waals surface area contributed by atoms with E-state index in [1.165, 1.54) is 11.9 Å². The number of benzene rings is 1. The molecule has 0 amide bonds. The molecule has 2 N–H and O–H groups in total. The molecule has 0 radical (unpaired) electrons. The molecule has 0 fully saturated rings. The molecule has 0 unspecified atom stereocenters. The lowest BCUT2D eigenvalue weighted by Crippen LogP contribution is -2.00. The summed E-state index contributed by atoms with van der Waals surface area (Å²) in [5.41, 5.74) is 7.51. The van der Waals surface area contributed by atoms with Gasteiger partial charge in [-0.1, -0.05) is 19.1 Å². The van der Waals surface area contributed by atoms with E-state index in [2.05, 4.69) is 23.0 Å². The van der Waals surface area contributed by atoms with Gasteiger partial charge in [0.25, 0.3) is 0 Å².